The number of aromatic nitrogens is 4. The predicted molar refractivity (Wildman–Crippen MR) is 67.8 cm³/mol. The topological polar surface area (TPSA) is 78.9 Å². The van der Waals surface area contributed by atoms with E-state index in [2.05, 4.69) is 22.4 Å². The van der Waals surface area contributed by atoms with E-state index in [-0.39, 0.29) is 5.60 Å². The lowest BCUT2D eigenvalue weighted by Crippen LogP contribution is -2.37. The first-order valence-electron chi connectivity index (χ1n) is 6.74. The Bertz CT molecular complexity index is 380. The second-order valence-corrected chi connectivity index (χ2v) is 5.27. The molecule has 0 aromatic carbocycles. The summed E-state index contributed by atoms with van der Waals surface area (Å²) in [6.45, 7) is 3.68. The molecule has 1 heterocycles. The van der Waals surface area contributed by atoms with Gasteiger partial charge in [0.1, 0.15) is 5.60 Å². The Kier molecular flexibility index (Phi) is 4.29. The van der Waals surface area contributed by atoms with Gasteiger partial charge in [-0.1, -0.05) is 13.3 Å². The zero-order chi connectivity index (χ0) is 13.0. The fourth-order valence-corrected chi connectivity index (χ4v) is 2.91. The van der Waals surface area contributed by atoms with Gasteiger partial charge >= 0.3 is 0 Å². The van der Waals surface area contributed by atoms with Crippen LogP contribution in [0.25, 0.3) is 0 Å². The normalized spacial score (nSPS) is 28.5. The Morgan fingerprint density at radius 3 is 3.06 bits per heavy atom. The molecule has 1 saturated carbocycles. The van der Waals surface area contributed by atoms with Crippen molar-refractivity contribution in [2.45, 2.75) is 51.2 Å². The van der Waals surface area contributed by atoms with E-state index in [1.165, 1.54) is 12.8 Å². The standard InChI is InChI=1S/C12H23N5O/c1-10-5-3-6-12(9-10,18-2)11-14-15-16-17(11)8-4-7-13/h10H,3-9,13H2,1-2H3. The van der Waals surface area contributed by atoms with Crippen molar-refractivity contribution in [2.24, 2.45) is 11.7 Å². The van der Waals surface area contributed by atoms with Crippen LogP contribution in [0.1, 0.15) is 44.9 Å². The maximum absolute atomic E-state index is 5.82. The SMILES string of the molecule is COC1(c2nnnn2CCCN)CCCC(C)C1. The molecule has 0 spiro atoms. The molecule has 0 amide bonds. The maximum atomic E-state index is 5.82. The highest BCUT2D eigenvalue weighted by Gasteiger charge is 2.41. The number of ether oxygens (including phenoxy) is 1. The van der Waals surface area contributed by atoms with Gasteiger partial charge in [0, 0.05) is 13.7 Å². The molecule has 18 heavy (non-hydrogen) atoms. The first kappa shape index (κ1) is 13.4. The average molecular weight is 253 g/mol. The third-order valence-electron chi connectivity index (χ3n) is 3.86. The molecule has 1 aromatic rings. The molecule has 0 bridgehead atoms. The minimum atomic E-state index is -0.310. The van der Waals surface area contributed by atoms with E-state index in [0.717, 1.165) is 31.6 Å². The van der Waals surface area contributed by atoms with Crippen molar-refractivity contribution in [1.82, 2.24) is 20.2 Å². The molecule has 1 aliphatic rings. The molecule has 1 fully saturated rings. The summed E-state index contributed by atoms with van der Waals surface area (Å²) in [4.78, 5) is 0. The van der Waals surface area contributed by atoms with Gasteiger partial charge in [-0.25, -0.2) is 4.68 Å². The molecule has 6 nitrogen and oxygen atoms in total. The van der Waals surface area contributed by atoms with Gasteiger partial charge in [0.15, 0.2) is 5.82 Å². The van der Waals surface area contributed by atoms with Gasteiger partial charge in [-0.3, -0.25) is 0 Å². The fourth-order valence-electron chi connectivity index (χ4n) is 2.91. The van der Waals surface area contributed by atoms with Crippen molar-refractivity contribution in [3.05, 3.63) is 5.82 Å². The minimum absolute atomic E-state index is 0.310. The third-order valence-corrected chi connectivity index (χ3v) is 3.86. The van der Waals surface area contributed by atoms with E-state index in [4.69, 9.17) is 10.5 Å². The Hall–Kier alpha value is -1.01. The van der Waals surface area contributed by atoms with Crippen molar-refractivity contribution in [3.8, 4) is 0 Å². The van der Waals surface area contributed by atoms with Gasteiger partial charge in [-0.15, -0.1) is 5.10 Å². The van der Waals surface area contributed by atoms with Crippen molar-refractivity contribution < 1.29 is 4.74 Å². The Balaban J connectivity index is 2.23. The molecule has 1 aliphatic carbocycles. The van der Waals surface area contributed by atoms with Gasteiger partial charge in [0.25, 0.3) is 0 Å². The maximum Gasteiger partial charge on any atom is 0.183 e. The van der Waals surface area contributed by atoms with E-state index in [1.807, 2.05) is 4.68 Å². The number of nitrogens with two attached hydrogens (primary N) is 1. The monoisotopic (exact) mass is 253 g/mol. The summed E-state index contributed by atoms with van der Waals surface area (Å²) in [5, 5.41) is 12.1. The van der Waals surface area contributed by atoms with Gasteiger partial charge in [0.05, 0.1) is 0 Å². The van der Waals surface area contributed by atoms with Crippen LogP contribution in [0.3, 0.4) is 0 Å². The second-order valence-electron chi connectivity index (χ2n) is 5.27. The van der Waals surface area contributed by atoms with E-state index < -0.39 is 0 Å². The van der Waals surface area contributed by atoms with Crippen LogP contribution in [0.5, 0.6) is 0 Å². The summed E-state index contributed by atoms with van der Waals surface area (Å²) in [6, 6.07) is 0. The van der Waals surface area contributed by atoms with E-state index in [1.54, 1.807) is 7.11 Å². The molecule has 102 valence electrons. The number of rotatable bonds is 5. The highest BCUT2D eigenvalue weighted by atomic mass is 16.5. The number of methoxy groups -OCH3 is 1. The highest BCUT2D eigenvalue weighted by Crippen LogP contribution is 2.41. The van der Waals surface area contributed by atoms with Crippen LogP contribution < -0.4 is 5.73 Å². The smallest absolute Gasteiger partial charge is 0.183 e. The van der Waals surface area contributed by atoms with Crippen molar-refractivity contribution in [3.63, 3.8) is 0 Å². The van der Waals surface area contributed by atoms with E-state index in [9.17, 15) is 0 Å². The predicted octanol–water partition coefficient (Wildman–Crippen LogP) is 1.07. The Morgan fingerprint density at radius 1 is 1.56 bits per heavy atom. The summed E-state index contributed by atoms with van der Waals surface area (Å²) in [5.41, 5.74) is 5.24. The average Bonchev–Trinajstić information content (AvgIpc) is 2.85. The molecular formula is C12H23N5O. The van der Waals surface area contributed by atoms with Gasteiger partial charge in [-0.2, -0.15) is 0 Å². The van der Waals surface area contributed by atoms with Crippen LogP contribution in [0.15, 0.2) is 0 Å². The quantitative estimate of drug-likeness (QED) is 0.849. The van der Waals surface area contributed by atoms with Crippen molar-refractivity contribution in [2.75, 3.05) is 13.7 Å². The molecule has 2 atom stereocenters. The molecule has 0 saturated heterocycles. The van der Waals surface area contributed by atoms with Crippen LogP contribution in [0, 0.1) is 5.92 Å². The van der Waals surface area contributed by atoms with Gasteiger partial charge in [-0.05, 0) is 48.6 Å². The summed E-state index contributed by atoms with van der Waals surface area (Å²) in [7, 11) is 1.76. The molecular weight excluding hydrogens is 230 g/mol. The second kappa shape index (κ2) is 5.75. The lowest BCUT2D eigenvalue weighted by atomic mass is 9.78. The first-order valence-corrected chi connectivity index (χ1v) is 6.74. The lowest BCUT2D eigenvalue weighted by Gasteiger charge is -2.37. The summed E-state index contributed by atoms with van der Waals surface area (Å²) >= 11 is 0. The molecule has 2 unspecified atom stereocenters. The van der Waals surface area contributed by atoms with Crippen LogP contribution in [-0.2, 0) is 16.9 Å². The fraction of sp³-hybridized carbons (Fsp3) is 0.917. The molecule has 0 radical (unpaired) electrons. The number of tetrazole rings is 1. The summed E-state index contributed by atoms with van der Waals surface area (Å²) < 4.78 is 7.68. The van der Waals surface area contributed by atoms with Crippen LogP contribution in [0.2, 0.25) is 0 Å². The van der Waals surface area contributed by atoms with Crippen LogP contribution in [0.4, 0.5) is 0 Å². The lowest BCUT2D eigenvalue weighted by molar-refractivity contribution is -0.0677. The number of hydrogen-bond acceptors (Lipinski definition) is 5. The molecule has 0 aliphatic heterocycles. The summed E-state index contributed by atoms with van der Waals surface area (Å²) in [6.07, 6.45) is 5.30. The molecule has 2 rings (SSSR count). The van der Waals surface area contributed by atoms with Crippen molar-refractivity contribution >= 4 is 0 Å². The number of nitrogens with zero attached hydrogens (tertiary/aromatic N) is 4. The highest BCUT2D eigenvalue weighted by molar-refractivity contribution is 5.03. The van der Waals surface area contributed by atoms with Crippen LogP contribution in [-0.4, -0.2) is 33.9 Å². The van der Waals surface area contributed by atoms with E-state index in [0.29, 0.717) is 12.5 Å². The first-order chi connectivity index (χ1) is 8.72. The molecule has 2 N–H and O–H groups in total. The van der Waals surface area contributed by atoms with E-state index >= 15 is 0 Å². The van der Waals surface area contributed by atoms with Gasteiger partial charge < -0.3 is 10.5 Å². The summed E-state index contributed by atoms with van der Waals surface area (Å²) in [5.74, 6) is 1.52. The van der Waals surface area contributed by atoms with Gasteiger partial charge in [0.2, 0.25) is 0 Å². The molecule has 1 aromatic heterocycles. The van der Waals surface area contributed by atoms with Crippen LogP contribution >= 0.6 is 0 Å². The zero-order valence-corrected chi connectivity index (χ0v) is 11.3. The Labute approximate surface area is 108 Å². The number of aryl methyl sites for hydroxylation is 1. The largest absolute Gasteiger partial charge is 0.370 e. The zero-order valence-electron chi connectivity index (χ0n) is 11.3. The Morgan fingerprint density at radius 2 is 2.39 bits per heavy atom. The third kappa shape index (κ3) is 2.54. The van der Waals surface area contributed by atoms with Crippen molar-refractivity contribution in [1.29, 1.82) is 0 Å². The minimum Gasteiger partial charge on any atom is -0.370 e. The molecule has 6 heteroatoms. The number of hydrogen-bond donors (Lipinski definition) is 1.